The zero-order valence-corrected chi connectivity index (χ0v) is 11.6. The molecular formula is C13H25N3O2. The summed E-state index contributed by atoms with van der Waals surface area (Å²) >= 11 is 0. The van der Waals surface area contributed by atoms with Gasteiger partial charge in [-0.15, -0.1) is 0 Å². The molecule has 0 atom stereocenters. The Hall–Kier alpha value is -1.10. The minimum Gasteiger partial charge on any atom is -0.355 e. The van der Waals surface area contributed by atoms with Crippen molar-refractivity contribution in [2.24, 2.45) is 5.41 Å². The number of hydrogen-bond acceptors (Lipinski definition) is 3. The first-order valence-electron chi connectivity index (χ1n) is 6.72. The molecule has 0 saturated carbocycles. The van der Waals surface area contributed by atoms with Gasteiger partial charge in [-0.05, 0) is 39.8 Å². The average molecular weight is 255 g/mol. The minimum atomic E-state index is -0.278. The van der Waals surface area contributed by atoms with Crippen LogP contribution in [0.15, 0.2) is 0 Å². The molecular weight excluding hydrogens is 230 g/mol. The van der Waals surface area contributed by atoms with Gasteiger partial charge in [-0.1, -0.05) is 6.92 Å². The number of nitrogens with one attached hydrogen (secondary N) is 3. The summed E-state index contributed by atoms with van der Waals surface area (Å²) in [6.45, 7) is 8.03. The van der Waals surface area contributed by atoms with Gasteiger partial charge in [-0.2, -0.15) is 0 Å². The molecule has 18 heavy (non-hydrogen) atoms. The summed E-state index contributed by atoms with van der Waals surface area (Å²) in [5.74, 6) is 0.0575. The van der Waals surface area contributed by atoms with Crippen LogP contribution >= 0.6 is 0 Å². The Morgan fingerprint density at radius 1 is 1.28 bits per heavy atom. The third-order valence-corrected chi connectivity index (χ3v) is 3.34. The van der Waals surface area contributed by atoms with Crippen molar-refractivity contribution >= 4 is 11.8 Å². The van der Waals surface area contributed by atoms with E-state index in [0.29, 0.717) is 13.0 Å². The number of carbonyl (C=O) groups is 2. The summed E-state index contributed by atoms with van der Waals surface area (Å²) in [6, 6.07) is 0.148. The Kier molecular flexibility index (Phi) is 5.59. The maximum absolute atomic E-state index is 12.1. The van der Waals surface area contributed by atoms with Gasteiger partial charge >= 0.3 is 0 Å². The predicted molar refractivity (Wildman–Crippen MR) is 71.1 cm³/mol. The molecule has 0 radical (unpaired) electrons. The highest BCUT2D eigenvalue weighted by Crippen LogP contribution is 2.27. The molecule has 0 aromatic rings. The first kappa shape index (κ1) is 15.0. The van der Waals surface area contributed by atoms with E-state index < -0.39 is 0 Å². The van der Waals surface area contributed by atoms with Crippen molar-refractivity contribution in [1.29, 1.82) is 0 Å². The van der Waals surface area contributed by atoms with Crippen LogP contribution in [0.3, 0.4) is 0 Å². The lowest BCUT2D eigenvalue weighted by Gasteiger charge is -2.32. The molecule has 0 unspecified atom stereocenters. The molecule has 3 N–H and O–H groups in total. The van der Waals surface area contributed by atoms with E-state index in [1.165, 1.54) is 0 Å². The van der Waals surface area contributed by atoms with Crippen LogP contribution in [0.4, 0.5) is 0 Å². The molecule has 0 bridgehead atoms. The highest BCUT2D eigenvalue weighted by Gasteiger charge is 2.34. The van der Waals surface area contributed by atoms with Gasteiger partial charge in [0.2, 0.25) is 11.8 Å². The van der Waals surface area contributed by atoms with Crippen LogP contribution in [-0.2, 0) is 9.59 Å². The largest absolute Gasteiger partial charge is 0.355 e. The van der Waals surface area contributed by atoms with Crippen molar-refractivity contribution in [3.05, 3.63) is 0 Å². The van der Waals surface area contributed by atoms with Crippen molar-refractivity contribution in [2.45, 2.75) is 46.1 Å². The predicted octanol–water partition coefficient (Wildman–Crippen LogP) is 0.407. The van der Waals surface area contributed by atoms with Crippen LogP contribution in [-0.4, -0.2) is 37.5 Å². The molecule has 5 nitrogen and oxygen atoms in total. The smallest absolute Gasteiger partial charge is 0.226 e. The molecule has 104 valence electrons. The van der Waals surface area contributed by atoms with Gasteiger partial charge in [0.25, 0.3) is 0 Å². The Bertz CT molecular complexity index is 297. The number of amides is 2. The first-order valence-corrected chi connectivity index (χ1v) is 6.72. The molecule has 0 aliphatic carbocycles. The third-order valence-electron chi connectivity index (χ3n) is 3.34. The Morgan fingerprint density at radius 3 is 2.44 bits per heavy atom. The molecule has 1 fully saturated rings. The van der Waals surface area contributed by atoms with Gasteiger partial charge in [-0.25, -0.2) is 0 Å². The van der Waals surface area contributed by atoms with Gasteiger partial charge < -0.3 is 16.0 Å². The molecule has 1 aliphatic heterocycles. The zero-order chi connectivity index (χ0) is 13.6. The van der Waals surface area contributed by atoms with Crippen molar-refractivity contribution in [3.63, 3.8) is 0 Å². The molecule has 1 heterocycles. The van der Waals surface area contributed by atoms with Crippen LogP contribution in [0.2, 0.25) is 0 Å². The molecule has 0 spiro atoms. The topological polar surface area (TPSA) is 70.2 Å². The number of hydrogen-bond donors (Lipinski definition) is 3. The molecule has 0 aromatic heterocycles. The summed E-state index contributed by atoms with van der Waals surface area (Å²) in [7, 11) is 0. The SMILES string of the molecule is CC(C)NC(=O)CCNC(=O)C1(C)CCNCC1. The van der Waals surface area contributed by atoms with Gasteiger partial charge in [0.05, 0.1) is 0 Å². The normalized spacial score (nSPS) is 18.4. The number of rotatable bonds is 5. The second-order valence-corrected chi connectivity index (χ2v) is 5.54. The van der Waals surface area contributed by atoms with Crippen LogP contribution in [0.5, 0.6) is 0 Å². The number of piperidine rings is 1. The minimum absolute atomic E-state index is 0.0132. The second-order valence-electron chi connectivity index (χ2n) is 5.54. The van der Waals surface area contributed by atoms with Gasteiger partial charge in [-0.3, -0.25) is 9.59 Å². The van der Waals surface area contributed by atoms with E-state index >= 15 is 0 Å². The zero-order valence-electron chi connectivity index (χ0n) is 11.6. The van der Waals surface area contributed by atoms with E-state index in [0.717, 1.165) is 25.9 Å². The molecule has 5 heteroatoms. The van der Waals surface area contributed by atoms with E-state index in [2.05, 4.69) is 16.0 Å². The summed E-state index contributed by atoms with van der Waals surface area (Å²) in [5.41, 5.74) is -0.278. The fraction of sp³-hybridized carbons (Fsp3) is 0.846. The van der Waals surface area contributed by atoms with E-state index in [9.17, 15) is 9.59 Å². The Labute approximate surface area is 109 Å². The number of carbonyl (C=O) groups excluding carboxylic acids is 2. The second kappa shape index (κ2) is 6.73. The highest BCUT2D eigenvalue weighted by atomic mass is 16.2. The molecule has 1 aliphatic rings. The van der Waals surface area contributed by atoms with Gasteiger partial charge in [0, 0.05) is 24.4 Å². The fourth-order valence-corrected chi connectivity index (χ4v) is 2.10. The van der Waals surface area contributed by atoms with E-state index in [-0.39, 0.29) is 23.3 Å². The first-order chi connectivity index (χ1) is 8.44. The lowest BCUT2D eigenvalue weighted by Crippen LogP contribution is -2.46. The van der Waals surface area contributed by atoms with Crippen molar-refractivity contribution in [2.75, 3.05) is 19.6 Å². The standard InChI is InChI=1S/C13H25N3O2/c1-10(2)16-11(17)4-7-15-12(18)13(3)5-8-14-9-6-13/h10,14H,4-9H2,1-3H3,(H,15,18)(H,16,17). The van der Waals surface area contributed by atoms with E-state index in [1.54, 1.807) is 0 Å². The summed E-state index contributed by atoms with van der Waals surface area (Å²) in [4.78, 5) is 23.5. The maximum Gasteiger partial charge on any atom is 0.226 e. The maximum atomic E-state index is 12.1. The summed E-state index contributed by atoms with van der Waals surface area (Å²) in [5, 5.41) is 8.92. The van der Waals surface area contributed by atoms with Crippen LogP contribution in [0.25, 0.3) is 0 Å². The molecule has 1 saturated heterocycles. The van der Waals surface area contributed by atoms with Gasteiger partial charge in [0.1, 0.15) is 0 Å². The van der Waals surface area contributed by atoms with Crippen molar-refractivity contribution in [1.82, 2.24) is 16.0 Å². The summed E-state index contributed by atoms with van der Waals surface area (Å²) < 4.78 is 0. The van der Waals surface area contributed by atoms with E-state index in [4.69, 9.17) is 0 Å². The molecule has 0 aromatic carbocycles. The average Bonchev–Trinajstić information content (AvgIpc) is 2.28. The molecule has 1 rings (SSSR count). The van der Waals surface area contributed by atoms with Crippen LogP contribution in [0.1, 0.15) is 40.0 Å². The van der Waals surface area contributed by atoms with Crippen LogP contribution < -0.4 is 16.0 Å². The Morgan fingerprint density at radius 2 is 1.89 bits per heavy atom. The van der Waals surface area contributed by atoms with Gasteiger partial charge in [0.15, 0.2) is 0 Å². The Balaban J connectivity index is 2.26. The monoisotopic (exact) mass is 255 g/mol. The lowest BCUT2D eigenvalue weighted by molar-refractivity contribution is -0.131. The lowest BCUT2D eigenvalue weighted by atomic mass is 9.80. The molecule has 2 amide bonds. The highest BCUT2D eigenvalue weighted by molar-refractivity contribution is 5.83. The summed E-state index contributed by atoms with van der Waals surface area (Å²) in [6.07, 6.45) is 2.06. The van der Waals surface area contributed by atoms with Crippen molar-refractivity contribution < 1.29 is 9.59 Å². The van der Waals surface area contributed by atoms with Crippen LogP contribution in [0, 0.1) is 5.41 Å². The van der Waals surface area contributed by atoms with E-state index in [1.807, 2.05) is 20.8 Å². The third kappa shape index (κ3) is 4.64. The van der Waals surface area contributed by atoms with Crippen molar-refractivity contribution in [3.8, 4) is 0 Å². The quantitative estimate of drug-likeness (QED) is 0.666. The fourth-order valence-electron chi connectivity index (χ4n) is 2.10.